The van der Waals surface area contributed by atoms with E-state index in [9.17, 15) is 9.18 Å². The van der Waals surface area contributed by atoms with Crippen LogP contribution in [-0.4, -0.2) is 22.3 Å². The zero-order chi connectivity index (χ0) is 16.4. The molecule has 2 aromatic rings. The molecule has 5 heteroatoms. The number of oxazole rings is 1. The van der Waals surface area contributed by atoms with Crippen LogP contribution < -0.4 is 0 Å². The van der Waals surface area contributed by atoms with Crippen molar-refractivity contribution in [3.05, 3.63) is 53.5 Å². The number of nitrogens with zero attached hydrogens (tertiary/aromatic N) is 2. The molecule has 1 atom stereocenters. The fourth-order valence-corrected chi connectivity index (χ4v) is 2.92. The Balaban J connectivity index is 1.72. The zero-order valence-corrected chi connectivity index (χ0v) is 13.5. The highest BCUT2D eigenvalue weighted by Gasteiger charge is 2.33. The van der Waals surface area contributed by atoms with Crippen molar-refractivity contribution in [2.75, 3.05) is 6.54 Å². The van der Waals surface area contributed by atoms with Gasteiger partial charge in [-0.2, -0.15) is 0 Å². The van der Waals surface area contributed by atoms with E-state index in [1.165, 1.54) is 12.1 Å². The van der Waals surface area contributed by atoms with E-state index in [1.54, 1.807) is 18.4 Å². The Morgan fingerprint density at radius 1 is 1.39 bits per heavy atom. The second-order valence-electron chi connectivity index (χ2n) is 6.31. The number of hydrogen-bond donors (Lipinski definition) is 0. The molecule has 0 unspecified atom stereocenters. The van der Waals surface area contributed by atoms with Crippen molar-refractivity contribution in [2.24, 2.45) is 0 Å². The highest BCUT2D eigenvalue weighted by molar-refractivity contribution is 5.79. The Kier molecular flexibility index (Phi) is 4.46. The zero-order valence-electron chi connectivity index (χ0n) is 13.5. The summed E-state index contributed by atoms with van der Waals surface area (Å²) in [5, 5.41) is 0. The minimum Gasteiger partial charge on any atom is -0.446 e. The van der Waals surface area contributed by atoms with Crippen LogP contribution in [0.2, 0.25) is 0 Å². The Hall–Kier alpha value is -2.17. The van der Waals surface area contributed by atoms with Gasteiger partial charge in [0.1, 0.15) is 18.1 Å². The predicted molar refractivity (Wildman–Crippen MR) is 84.4 cm³/mol. The van der Waals surface area contributed by atoms with Gasteiger partial charge < -0.3 is 9.32 Å². The number of aromatic nitrogens is 1. The van der Waals surface area contributed by atoms with E-state index in [1.807, 2.05) is 4.90 Å². The van der Waals surface area contributed by atoms with Gasteiger partial charge in [0.05, 0.1) is 12.1 Å². The summed E-state index contributed by atoms with van der Waals surface area (Å²) in [5.74, 6) is 0.667. The third kappa shape index (κ3) is 3.44. The molecule has 1 aliphatic rings. The van der Waals surface area contributed by atoms with Crippen molar-refractivity contribution >= 4 is 5.91 Å². The molecule has 1 amide bonds. The maximum atomic E-state index is 13.0. The van der Waals surface area contributed by atoms with Crippen molar-refractivity contribution in [2.45, 2.75) is 45.1 Å². The second kappa shape index (κ2) is 6.52. The van der Waals surface area contributed by atoms with Crippen LogP contribution in [0.5, 0.6) is 0 Å². The average molecular weight is 316 g/mol. The molecular weight excluding hydrogens is 295 g/mol. The topological polar surface area (TPSA) is 46.3 Å². The van der Waals surface area contributed by atoms with Gasteiger partial charge in [-0.3, -0.25) is 4.79 Å². The number of carbonyl (C=O) groups excluding carboxylic acids is 1. The van der Waals surface area contributed by atoms with Crippen molar-refractivity contribution in [1.29, 1.82) is 0 Å². The molecule has 4 nitrogen and oxygen atoms in total. The van der Waals surface area contributed by atoms with E-state index in [-0.39, 0.29) is 24.2 Å². The summed E-state index contributed by atoms with van der Waals surface area (Å²) in [4.78, 5) is 19.0. The third-order valence-electron chi connectivity index (χ3n) is 4.26. The first-order chi connectivity index (χ1) is 11.0. The molecule has 0 radical (unpaired) electrons. The average Bonchev–Trinajstić information content (AvgIpc) is 3.17. The fourth-order valence-electron chi connectivity index (χ4n) is 2.92. The van der Waals surface area contributed by atoms with Crippen LogP contribution >= 0.6 is 0 Å². The van der Waals surface area contributed by atoms with Crippen molar-refractivity contribution < 1.29 is 13.6 Å². The molecule has 1 aromatic heterocycles. The highest BCUT2D eigenvalue weighted by atomic mass is 19.1. The molecule has 1 aliphatic heterocycles. The molecule has 1 fully saturated rings. The monoisotopic (exact) mass is 316 g/mol. The van der Waals surface area contributed by atoms with Crippen molar-refractivity contribution in [3.8, 4) is 0 Å². The van der Waals surface area contributed by atoms with E-state index in [0.717, 1.165) is 24.1 Å². The Morgan fingerprint density at radius 3 is 2.78 bits per heavy atom. The maximum absolute atomic E-state index is 13.0. The molecule has 2 heterocycles. The number of hydrogen-bond acceptors (Lipinski definition) is 3. The van der Waals surface area contributed by atoms with Gasteiger partial charge in [-0.15, -0.1) is 0 Å². The summed E-state index contributed by atoms with van der Waals surface area (Å²) in [6.07, 6.45) is 3.77. The molecule has 3 rings (SSSR count). The second-order valence-corrected chi connectivity index (χ2v) is 6.31. The Bertz CT molecular complexity index is 679. The first-order valence-electron chi connectivity index (χ1n) is 8.04. The van der Waals surface area contributed by atoms with Crippen molar-refractivity contribution in [3.63, 3.8) is 0 Å². The standard InChI is InChI=1S/C18H21FN2O2/c1-12(2)15-11-23-18(20-15)16-4-3-9-21(16)17(22)10-13-5-7-14(19)8-6-13/h5-8,11-12,16H,3-4,9-10H2,1-2H3/t16-/m0/s1. The number of benzene rings is 1. The minimum atomic E-state index is -0.291. The molecule has 0 spiro atoms. The molecule has 122 valence electrons. The summed E-state index contributed by atoms with van der Waals surface area (Å²) in [5.41, 5.74) is 1.73. The Morgan fingerprint density at radius 2 is 2.13 bits per heavy atom. The van der Waals surface area contributed by atoms with Crippen LogP contribution in [0, 0.1) is 5.82 Å². The van der Waals surface area contributed by atoms with Crippen LogP contribution in [0.15, 0.2) is 34.9 Å². The van der Waals surface area contributed by atoms with Gasteiger partial charge in [0, 0.05) is 6.54 Å². The van der Waals surface area contributed by atoms with Crippen molar-refractivity contribution in [1.82, 2.24) is 9.88 Å². The quantitative estimate of drug-likeness (QED) is 0.861. The summed E-state index contributed by atoms with van der Waals surface area (Å²) in [7, 11) is 0. The lowest BCUT2D eigenvalue weighted by Gasteiger charge is -2.22. The van der Waals surface area contributed by atoms with Gasteiger partial charge in [-0.05, 0) is 36.5 Å². The lowest BCUT2D eigenvalue weighted by atomic mass is 10.1. The van der Waals surface area contributed by atoms with E-state index in [4.69, 9.17) is 4.42 Å². The van der Waals surface area contributed by atoms with E-state index >= 15 is 0 Å². The molecule has 0 saturated carbocycles. The number of likely N-dealkylation sites (tertiary alicyclic amines) is 1. The predicted octanol–water partition coefficient (Wildman–Crippen LogP) is 3.84. The maximum Gasteiger partial charge on any atom is 0.227 e. The lowest BCUT2D eigenvalue weighted by molar-refractivity contribution is -0.131. The number of carbonyl (C=O) groups is 1. The van der Waals surface area contributed by atoms with E-state index in [2.05, 4.69) is 18.8 Å². The van der Waals surface area contributed by atoms with Crippen LogP contribution in [0.1, 0.15) is 55.8 Å². The molecule has 0 N–H and O–H groups in total. The minimum absolute atomic E-state index is 0.0309. The van der Waals surface area contributed by atoms with Crippen LogP contribution in [0.3, 0.4) is 0 Å². The number of amides is 1. The normalized spacial score (nSPS) is 17.9. The molecule has 0 aliphatic carbocycles. The van der Waals surface area contributed by atoms with E-state index in [0.29, 0.717) is 18.4 Å². The number of halogens is 1. The first kappa shape index (κ1) is 15.7. The highest BCUT2D eigenvalue weighted by Crippen LogP contribution is 2.32. The van der Waals surface area contributed by atoms with Gasteiger partial charge in [0.2, 0.25) is 11.8 Å². The first-order valence-corrected chi connectivity index (χ1v) is 8.04. The van der Waals surface area contributed by atoms with Gasteiger partial charge >= 0.3 is 0 Å². The van der Waals surface area contributed by atoms with Gasteiger partial charge in [-0.25, -0.2) is 9.37 Å². The third-order valence-corrected chi connectivity index (χ3v) is 4.26. The van der Waals surface area contributed by atoms with Gasteiger partial charge in [0.25, 0.3) is 0 Å². The lowest BCUT2D eigenvalue weighted by Crippen LogP contribution is -2.32. The molecule has 1 aromatic carbocycles. The van der Waals surface area contributed by atoms with Gasteiger partial charge in [0.15, 0.2) is 0 Å². The summed E-state index contributed by atoms with van der Waals surface area (Å²) in [6.45, 7) is 4.84. The molecular formula is C18H21FN2O2. The summed E-state index contributed by atoms with van der Waals surface area (Å²) in [6, 6.07) is 5.98. The van der Waals surface area contributed by atoms with Gasteiger partial charge in [-0.1, -0.05) is 26.0 Å². The summed E-state index contributed by atoms with van der Waals surface area (Å²) < 4.78 is 18.6. The fraction of sp³-hybridized carbons (Fsp3) is 0.444. The molecule has 0 bridgehead atoms. The molecule has 1 saturated heterocycles. The SMILES string of the molecule is CC(C)c1coc([C@@H]2CCCN2C(=O)Cc2ccc(F)cc2)n1. The van der Waals surface area contributed by atoms with Crippen LogP contribution in [0.4, 0.5) is 4.39 Å². The van der Waals surface area contributed by atoms with E-state index < -0.39 is 0 Å². The van der Waals surface area contributed by atoms with Crippen LogP contribution in [-0.2, 0) is 11.2 Å². The largest absolute Gasteiger partial charge is 0.446 e. The Labute approximate surface area is 135 Å². The smallest absolute Gasteiger partial charge is 0.227 e. The molecule has 23 heavy (non-hydrogen) atoms. The van der Waals surface area contributed by atoms with Crippen LogP contribution in [0.25, 0.3) is 0 Å². The number of rotatable bonds is 4. The summed E-state index contributed by atoms with van der Waals surface area (Å²) >= 11 is 0.